The van der Waals surface area contributed by atoms with Gasteiger partial charge in [-0.15, -0.1) is 0 Å². The van der Waals surface area contributed by atoms with Crippen LogP contribution in [-0.4, -0.2) is 76.9 Å². The summed E-state index contributed by atoms with van der Waals surface area (Å²) in [5, 5.41) is 29.3. The molecule has 0 aromatic heterocycles. The number of esters is 1. The Morgan fingerprint density at radius 2 is 1.67 bits per heavy atom. The number of nitrogens with one attached hydrogen (secondary N) is 3. The SMILES string of the molecule is C[C@H]1OC(=O)C(C2CCO2)NC(=O)[C@H](C)[C@H](O)[C@H](Cc2ccccc2)NC(=O)[C@H]1NC(=O)c1ccccc1O. The number of hydrogen-bond acceptors (Lipinski definition) is 8. The molecule has 2 aromatic carbocycles. The molecule has 0 spiro atoms. The number of rotatable bonds is 5. The van der Waals surface area contributed by atoms with E-state index >= 15 is 0 Å². The van der Waals surface area contributed by atoms with Gasteiger partial charge in [0.1, 0.15) is 17.9 Å². The van der Waals surface area contributed by atoms with Crippen molar-refractivity contribution >= 4 is 23.7 Å². The van der Waals surface area contributed by atoms with Gasteiger partial charge in [-0.2, -0.15) is 0 Å². The minimum absolute atomic E-state index is 0.0718. The van der Waals surface area contributed by atoms with E-state index in [0.29, 0.717) is 13.0 Å². The Morgan fingerprint density at radius 1 is 1.00 bits per heavy atom. The van der Waals surface area contributed by atoms with Crippen molar-refractivity contribution in [1.29, 1.82) is 0 Å². The second-order valence-corrected chi connectivity index (χ2v) is 9.88. The first-order valence-corrected chi connectivity index (χ1v) is 12.9. The molecule has 5 N–H and O–H groups in total. The van der Waals surface area contributed by atoms with E-state index in [1.54, 1.807) is 12.1 Å². The van der Waals surface area contributed by atoms with Gasteiger partial charge in [-0.1, -0.05) is 49.4 Å². The smallest absolute Gasteiger partial charge is 0.331 e. The molecule has 0 radical (unpaired) electrons. The summed E-state index contributed by atoms with van der Waals surface area (Å²) in [4.78, 5) is 52.8. The molecule has 2 aliphatic heterocycles. The third-order valence-electron chi connectivity index (χ3n) is 7.11. The van der Waals surface area contributed by atoms with Gasteiger partial charge in [0.25, 0.3) is 5.91 Å². The van der Waals surface area contributed by atoms with Gasteiger partial charge in [-0.05, 0) is 37.5 Å². The quantitative estimate of drug-likeness (QED) is 0.342. The van der Waals surface area contributed by atoms with Crippen LogP contribution in [0.15, 0.2) is 54.6 Å². The average molecular weight is 540 g/mol. The van der Waals surface area contributed by atoms with Crippen LogP contribution in [0.4, 0.5) is 0 Å². The van der Waals surface area contributed by atoms with Crippen LogP contribution in [0.3, 0.4) is 0 Å². The number of phenols is 1. The predicted octanol–water partition coefficient (Wildman–Crippen LogP) is 0.434. The molecule has 0 bridgehead atoms. The van der Waals surface area contributed by atoms with E-state index < -0.39 is 66.0 Å². The molecule has 4 rings (SSSR count). The maximum atomic E-state index is 13.6. The number of ether oxygens (including phenoxy) is 2. The summed E-state index contributed by atoms with van der Waals surface area (Å²) in [6.07, 6.45) is -2.44. The lowest BCUT2D eigenvalue weighted by molar-refractivity contribution is -0.166. The van der Waals surface area contributed by atoms with Gasteiger partial charge in [-0.3, -0.25) is 14.4 Å². The number of hydrogen-bond donors (Lipinski definition) is 5. The summed E-state index contributed by atoms with van der Waals surface area (Å²) in [6.45, 7) is 3.35. The lowest BCUT2D eigenvalue weighted by Crippen LogP contribution is -2.62. The van der Waals surface area contributed by atoms with Gasteiger partial charge in [0.15, 0.2) is 6.04 Å². The van der Waals surface area contributed by atoms with Crippen molar-refractivity contribution in [1.82, 2.24) is 16.0 Å². The zero-order valence-electron chi connectivity index (χ0n) is 21.7. The molecule has 208 valence electrons. The fourth-order valence-electron chi connectivity index (χ4n) is 4.61. The van der Waals surface area contributed by atoms with E-state index in [9.17, 15) is 29.4 Å². The lowest BCUT2D eigenvalue weighted by atomic mass is 9.91. The number of benzene rings is 2. The van der Waals surface area contributed by atoms with Crippen LogP contribution >= 0.6 is 0 Å². The predicted molar refractivity (Wildman–Crippen MR) is 138 cm³/mol. The molecule has 7 atom stereocenters. The Morgan fingerprint density at radius 3 is 2.31 bits per heavy atom. The molecule has 2 unspecified atom stereocenters. The van der Waals surface area contributed by atoms with Crippen LogP contribution in [0.1, 0.15) is 36.2 Å². The Balaban J connectivity index is 1.67. The fraction of sp³-hybridized carbons (Fsp3) is 0.429. The monoisotopic (exact) mass is 539 g/mol. The number of para-hydroxylation sites is 1. The highest BCUT2D eigenvalue weighted by molar-refractivity contribution is 6.00. The van der Waals surface area contributed by atoms with E-state index in [4.69, 9.17) is 9.47 Å². The Kier molecular flexibility index (Phi) is 8.82. The maximum Gasteiger partial charge on any atom is 0.331 e. The molecule has 0 saturated carbocycles. The van der Waals surface area contributed by atoms with Gasteiger partial charge in [0.05, 0.1) is 29.7 Å². The number of phenolic OH excluding ortho intramolecular Hbond substituents is 1. The van der Waals surface area contributed by atoms with Crippen LogP contribution in [0.25, 0.3) is 0 Å². The van der Waals surface area contributed by atoms with E-state index in [1.807, 2.05) is 30.3 Å². The fourth-order valence-corrected chi connectivity index (χ4v) is 4.61. The van der Waals surface area contributed by atoms with Crippen molar-refractivity contribution in [3.8, 4) is 5.75 Å². The number of carbonyl (C=O) groups excluding carboxylic acids is 4. The number of carbonyl (C=O) groups is 4. The van der Waals surface area contributed by atoms with E-state index in [0.717, 1.165) is 5.56 Å². The summed E-state index contributed by atoms with van der Waals surface area (Å²) in [6, 6.07) is 11.5. The van der Waals surface area contributed by atoms with Crippen molar-refractivity contribution < 1.29 is 38.9 Å². The van der Waals surface area contributed by atoms with Crippen LogP contribution < -0.4 is 16.0 Å². The van der Waals surface area contributed by atoms with E-state index in [1.165, 1.54) is 26.0 Å². The summed E-state index contributed by atoms with van der Waals surface area (Å²) < 4.78 is 11.0. The molecule has 2 heterocycles. The summed E-state index contributed by atoms with van der Waals surface area (Å²) in [5.74, 6) is -4.22. The van der Waals surface area contributed by atoms with Crippen LogP contribution in [0.2, 0.25) is 0 Å². The topological polar surface area (TPSA) is 163 Å². The zero-order valence-corrected chi connectivity index (χ0v) is 21.7. The largest absolute Gasteiger partial charge is 0.507 e. The maximum absolute atomic E-state index is 13.6. The second kappa shape index (κ2) is 12.3. The van der Waals surface area contributed by atoms with Gasteiger partial charge < -0.3 is 35.6 Å². The van der Waals surface area contributed by atoms with Gasteiger partial charge in [-0.25, -0.2) is 4.79 Å². The van der Waals surface area contributed by atoms with Crippen molar-refractivity contribution in [2.75, 3.05) is 6.61 Å². The van der Waals surface area contributed by atoms with Crippen molar-refractivity contribution in [3.63, 3.8) is 0 Å². The van der Waals surface area contributed by atoms with Crippen molar-refractivity contribution in [2.45, 2.75) is 63.1 Å². The summed E-state index contributed by atoms with van der Waals surface area (Å²) in [7, 11) is 0. The minimum atomic E-state index is -1.39. The number of amides is 3. The number of cyclic esters (lactones) is 1. The van der Waals surface area contributed by atoms with Crippen LogP contribution in [0, 0.1) is 5.92 Å². The Labute approximate surface area is 225 Å². The highest BCUT2D eigenvalue weighted by Gasteiger charge is 2.42. The number of aliphatic hydroxyl groups is 1. The second-order valence-electron chi connectivity index (χ2n) is 9.88. The molecular weight excluding hydrogens is 506 g/mol. The highest BCUT2D eigenvalue weighted by atomic mass is 16.6. The van der Waals surface area contributed by atoms with E-state index in [-0.39, 0.29) is 17.7 Å². The van der Waals surface area contributed by atoms with Crippen molar-refractivity contribution in [2.24, 2.45) is 5.92 Å². The molecule has 0 aliphatic carbocycles. The Bertz CT molecular complexity index is 1200. The molecule has 2 aromatic rings. The first-order chi connectivity index (χ1) is 18.7. The molecular formula is C28H33N3O8. The van der Waals surface area contributed by atoms with Gasteiger partial charge in [0.2, 0.25) is 11.8 Å². The molecule has 2 saturated heterocycles. The highest BCUT2D eigenvalue weighted by Crippen LogP contribution is 2.21. The molecule has 11 heteroatoms. The number of aliphatic hydroxyl groups excluding tert-OH is 1. The van der Waals surface area contributed by atoms with Crippen molar-refractivity contribution in [3.05, 3.63) is 65.7 Å². The van der Waals surface area contributed by atoms with Crippen LogP contribution in [-0.2, 0) is 30.3 Å². The number of aromatic hydroxyl groups is 1. The zero-order chi connectivity index (χ0) is 28.1. The standard InChI is InChI=1S/C28H33N3O8/c1-15-24(33)19(14-17-8-4-3-5-9-17)29-27(36)22(30-26(35)18-10-6-7-11-20(18)32)16(2)39-28(37)23(31-25(15)34)21-12-13-38-21/h3-11,15-16,19,21-24,32-33H,12-14H2,1-2H3,(H,29,36)(H,30,35)(H,31,34)/t15-,16-,19+,21?,22+,23?,24+/m1/s1. The molecule has 11 nitrogen and oxygen atoms in total. The normalized spacial score (nSPS) is 29.9. The summed E-state index contributed by atoms with van der Waals surface area (Å²) in [5.41, 5.74) is 0.731. The first-order valence-electron chi connectivity index (χ1n) is 12.9. The first kappa shape index (κ1) is 28.1. The van der Waals surface area contributed by atoms with E-state index in [2.05, 4.69) is 16.0 Å². The average Bonchev–Trinajstić information content (AvgIpc) is 2.89. The van der Waals surface area contributed by atoms with Crippen LogP contribution in [0.5, 0.6) is 5.75 Å². The Hall–Kier alpha value is -3.96. The third kappa shape index (κ3) is 6.55. The minimum Gasteiger partial charge on any atom is -0.507 e. The summed E-state index contributed by atoms with van der Waals surface area (Å²) >= 11 is 0. The third-order valence-corrected chi connectivity index (χ3v) is 7.11. The molecule has 3 amide bonds. The molecule has 2 aliphatic rings. The van der Waals surface area contributed by atoms with Gasteiger partial charge >= 0.3 is 5.97 Å². The molecule has 2 fully saturated rings. The van der Waals surface area contributed by atoms with Gasteiger partial charge in [0, 0.05) is 6.61 Å². The molecule has 39 heavy (non-hydrogen) atoms. The lowest BCUT2D eigenvalue weighted by Gasteiger charge is -2.37.